The molecule has 170 valence electrons. The average molecular weight is 465 g/mol. The number of ether oxygens (including phenoxy) is 1. The summed E-state index contributed by atoms with van der Waals surface area (Å²) in [4.78, 5) is 27.4. The largest absolute Gasteiger partial charge is 0.492 e. The van der Waals surface area contributed by atoms with Gasteiger partial charge in [-0.15, -0.1) is 0 Å². The molecule has 1 unspecified atom stereocenters. The van der Waals surface area contributed by atoms with Gasteiger partial charge in [-0.05, 0) is 36.8 Å². The molecule has 1 aliphatic heterocycles. The molecule has 8 heteroatoms. The highest BCUT2D eigenvalue weighted by Gasteiger charge is 2.39. The first kappa shape index (κ1) is 22.5. The highest BCUT2D eigenvalue weighted by atomic mass is 32.2. The van der Waals surface area contributed by atoms with Crippen LogP contribution in [0.15, 0.2) is 83.8 Å². The van der Waals surface area contributed by atoms with Crippen LogP contribution < -0.4 is 15.0 Å². The summed E-state index contributed by atoms with van der Waals surface area (Å²) < 4.78 is 32.6. The third kappa shape index (κ3) is 4.61. The van der Waals surface area contributed by atoms with Gasteiger partial charge >= 0.3 is 0 Å². The number of carbonyl (C=O) groups is 2. The number of fused-ring (bicyclic) bond motifs is 1. The Balaban J connectivity index is 1.67. The Bertz CT molecular complexity index is 1270. The van der Waals surface area contributed by atoms with Crippen molar-refractivity contribution in [2.75, 3.05) is 23.4 Å². The minimum absolute atomic E-state index is 0.0345. The van der Waals surface area contributed by atoms with Gasteiger partial charge in [0, 0.05) is 6.42 Å². The third-order valence-corrected chi connectivity index (χ3v) is 7.58. The second kappa shape index (κ2) is 9.46. The van der Waals surface area contributed by atoms with E-state index in [2.05, 4.69) is 5.32 Å². The van der Waals surface area contributed by atoms with Crippen LogP contribution in [0.5, 0.6) is 5.75 Å². The Morgan fingerprint density at radius 3 is 2.42 bits per heavy atom. The summed E-state index contributed by atoms with van der Waals surface area (Å²) >= 11 is 0. The summed E-state index contributed by atoms with van der Waals surface area (Å²) in [6.45, 7) is 1.95. The van der Waals surface area contributed by atoms with Crippen molar-refractivity contribution in [1.29, 1.82) is 0 Å². The summed E-state index contributed by atoms with van der Waals surface area (Å²) in [6.07, 6.45) is -0.260. The standard InChI is InChI=1S/C25H24N2O5S/c1-2-32-21-14-8-6-12-19(21)26-24(28)17-27-20-13-7-9-15-22(20)33(30,31)23(16-25(27)29)18-10-4-3-5-11-18/h3-15,23H,2,16-17H2,1H3,(H,26,28). The van der Waals surface area contributed by atoms with Gasteiger partial charge in [0.25, 0.3) is 0 Å². The van der Waals surface area contributed by atoms with Gasteiger partial charge in [0.05, 0.1) is 28.1 Å². The molecule has 3 aromatic carbocycles. The van der Waals surface area contributed by atoms with E-state index < -0.39 is 26.9 Å². The molecular formula is C25H24N2O5S. The predicted molar refractivity (Wildman–Crippen MR) is 126 cm³/mol. The first-order valence-electron chi connectivity index (χ1n) is 10.6. The molecule has 3 aromatic rings. The van der Waals surface area contributed by atoms with E-state index in [0.717, 1.165) is 0 Å². The van der Waals surface area contributed by atoms with Gasteiger partial charge in [-0.2, -0.15) is 0 Å². The molecule has 0 bridgehead atoms. The fourth-order valence-electron chi connectivity index (χ4n) is 3.91. The number of amides is 2. The fourth-order valence-corrected chi connectivity index (χ4v) is 5.83. The van der Waals surface area contributed by atoms with Gasteiger partial charge < -0.3 is 15.0 Å². The van der Waals surface area contributed by atoms with Gasteiger partial charge in [-0.3, -0.25) is 9.59 Å². The van der Waals surface area contributed by atoms with Crippen LogP contribution in [0.3, 0.4) is 0 Å². The van der Waals surface area contributed by atoms with Crippen LogP contribution in [0.1, 0.15) is 24.2 Å². The number of para-hydroxylation sites is 3. The minimum atomic E-state index is -3.86. The lowest BCUT2D eigenvalue weighted by Crippen LogP contribution is -2.38. The molecule has 1 N–H and O–H groups in total. The quantitative estimate of drug-likeness (QED) is 0.596. The molecule has 1 atom stereocenters. The van der Waals surface area contributed by atoms with Crippen molar-refractivity contribution < 1.29 is 22.7 Å². The Morgan fingerprint density at radius 2 is 1.67 bits per heavy atom. The summed E-state index contributed by atoms with van der Waals surface area (Å²) in [5.41, 5.74) is 1.22. The Hall–Kier alpha value is -3.65. The van der Waals surface area contributed by atoms with E-state index in [1.807, 2.05) is 6.92 Å². The molecule has 0 saturated heterocycles. The fraction of sp³-hybridized carbons (Fsp3) is 0.200. The SMILES string of the molecule is CCOc1ccccc1NC(=O)CN1C(=O)CC(c2ccccc2)S(=O)(=O)c2ccccc21. The molecule has 0 fully saturated rings. The monoisotopic (exact) mass is 464 g/mol. The lowest BCUT2D eigenvalue weighted by Gasteiger charge is -2.22. The van der Waals surface area contributed by atoms with Gasteiger partial charge in [0.2, 0.25) is 11.8 Å². The zero-order valence-corrected chi connectivity index (χ0v) is 18.9. The maximum absolute atomic E-state index is 13.5. The summed E-state index contributed by atoms with van der Waals surface area (Å²) in [5, 5.41) is 1.74. The molecule has 0 radical (unpaired) electrons. The van der Waals surface area contributed by atoms with E-state index in [4.69, 9.17) is 4.74 Å². The van der Waals surface area contributed by atoms with Crippen LogP contribution in [0.4, 0.5) is 11.4 Å². The Morgan fingerprint density at radius 1 is 1.00 bits per heavy atom. The minimum Gasteiger partial charge on any atom is -0.492 e. The molecule has 1 aliphatic rings. The lowest BCUT2D eigenvalue weighted by atomic mass is 10.1. The summed E-state index contributed by atoms with van der Waals surface area (Å²) in [6, 6.07) is 22.0. The van der Waals surface area contributed by atoms with E-state index in [9.17, 15) is 18.0 Å². The van der Waals surface area contributed by atoms with E-state index in [-0.39, 0.29) is 23.5 Å². The average Bonchev–Trinajstić information content (AvgIpc) is 2.90. The summed E-state index contributed by atoms with van der Waals surface area (Å²) in [5.74, 6) is -0.380. The molecule has 0 aromatic heterocycles. The number of nitrogens with one attached hydrogen (secondary N) is 1. The molecule has 0 saturated carbocycles. The summed E-state index contributed by atoms with van der Waals surface area (Å²) in [7, 11) is -3.86. The molecule has 0 aliphatic carbocycles. The number of sulfone groups is 1. The Labute approximate surface area is 192 Å². The number of carbonyl (C=O) groups excluding carboxylic acids is 2. The molecule has 2 amide bonds. The normalized spacial score (nSPS) is 17.1. The number of hydrogen-bond donors (Lipinski definition) is 1. The van der Waals surface area contributed by atoms with Crippen LogP contribution in [0, 0.1) is 0 Å². The zero-order chi connectivity index (χ0) is 23.4. The van der Waals surface area contributed by atoms with Crippen molar-refractivity contribution in [3.63, 3.8) is 0 Å². The molecule has 33 heavy (non-hydrogen) atoms. The number of anilines is 2. The number of nitrogens with zero attached hydrogens (tertiary/aromatic N) is 1. The smallest absolute Gasteiger partial charge is 0.244 e. The van der Waals surface area contributed by atoms with Gasteiger partial charge in [0.15, 0.2) is 9.84 Å². The van der Waals surface area contributed by atoms with E-state index in [1.165, 1.54) is 11.0 Å². The van der Waals surface area contributed by atoms with Crippen LogP contribution in [0.2, 0.25) is 0 Å². The predicted octanol–water partition coefficient (Wildman–Crippen LogP) is 3.98. The third-order valence-electron chi connectivity index (χ3n) is 5.43. The van der Waals surface area contributed by atoms with Crippen LogP contribution in [-0.2, 0) is 19.4 Å². The second-order valence-electron chi connectivity index (χ2n) is 7.57. The van der Waals surface area contributed by atoms with Crippen molar-refractivity contribution in [3.05, 3.63) is 84.4 Å². The molecule has 0 spiro atoms. The number of benzene rings is 3. The van der Waals surface area contributed by atoms with E-state index >= 15 is 0 Å². The highest BCUT2D eigenvalue weighted by molar-refractivity contribution is 7.92. The van der Waals surface area contributed by atoms with Crippen LogP contribution in [-0.4, -0.2) is 33.4 Å². The molecular weight excluding hydrogens is 440 g/mol. The topological polar surface area (TPSA) is 92.8 Å². The number of rotatable bonds is 6. The van der Waals surface area contributed by atoms with Gasteiger partial charge in [0.1, 0.15) is 12.3 Å². The van der Waals surface area contributed by atoms with E-state index in [0.29, 0.717) is 23.6 Å². The first-order valence-corrected chi connectivity index (χ1v) is 12.2. The maximum Gasteiger partial charge on any atom is 0.244 e. The van der Waals surface area contributed by atoms with Crippen molar-refractivity contribution in [2.24, 2.45) is 0 Å². The van der Waals surface area contributed by atoms with Crippen LogP contribution in [0.25, 0.3) is 0 Å². The van der Waals surface area contributed by atoms with Crippen molar-refractivity contribution in [1.82, 2.24) is 0 Å². The highest BCUT2D eigenvalue weighted by Crippen LogP contribution is 2.40. The van der Waals surface area contributed by atoms with Crippen molar-refractivity contribution in [2.45, 2.75) is 23.5 Å². The van der Waals surface area contributed by atoms with Crippen molar-refractivity contribution >= 4 is 33.0 Å². The zero-order valence-electron chi connectivity index (χ0n) is 18.1. The van der Waals surface area contributed by atoms with Gasteiger partial charge in [-0.25, -0.2) is 8.42 Å². The lowest BCUT2D eigenvalue weighted by molar-refractivity contribution is -0.121. The first-order chi connectivity index (χ1) is 15.9. The van der Waals surface area contributed by atoms with Crippen molar-refractivity contribution in [3.8, 4) is 5.75 Å². The Kier molecular flexibility index (Phi) is 6.46. The van der Waals surface area contributed by atoms with E-state index in [1.54, 1.807) is 72.8 Å². The maximum atomic E-state index is 13.5. The molecule has 7 nitrogen and oxygen atoms in total. The molecule has 1 heterocycles. The molecule has 4 rings (SSSR count). The van der Waals surface area contributed by atoms with Gasteiger partial charge in [-0.1, -0.05) is 54.6 Å². The van der Waals surface area contributed by atoms with Crippen LogP contribution >= 0.6 is 0 Å². The number of hydrogen-bond acceptors (Lipinski definition) is 5. The second-order valence-corrected chi connectivity index (χ2v) is 9.67.